The summed E-state index contributed by atoms with van der Waals surface area (Å²) in [5.74, 6) is -0.608. The first-order valence-corrected chi connectivity index (χ1v) is 16.8. The molecular weight excluding hydrogens is 609 g/mol. The number of hydrogen-bond acceptors (Lipinski definition) is 5. The van der Waals surface area contributed by atoms with Crippen LogP contribution in [-0.2, 0) is 32.6 Å². The van der Waals surface area contributed by atoms with Gasteiger partial charge in [0, 0.05) is 34.6 Å². The molecule has 43 heavy (non-hydrogen) atoms. The zero-order valence-electron chi connectivity index (χ0n) is 24.6. The summed E-state index contributed by atoms with van der Waals surface area (Å²) >= 11 is 13.1. The molecule has 230 valence electrons. The Morgan fingerprint density at radius 2 is 1.65 bits per heavy atom. The van der Waals surface area contributed by atoms with Crippen molar-refractivity contribution < 1.29 is 22.7 Å². The van der Waals surface area contributed by atoms with Gasteiger partial charge in [0.05, 0.1) is 19.1 Å². The van der Waals surface area contributed by atoms with Gasteiger partial charge < -0.3 is 15.0 Å². The van der Waals surface area contributed by atoms with Crippen LogP contribution in [-0.4, -0.2) is 57.1 Å². The predicted octanol–water partition coefficient (Wildman–Crippen LogP) is 5.78. The normalized spacial score (nSPS) is 14.3. The third-order valence-corrected chi connectivity index (χ3v) is 9.48. The van der Waals surface area contributed by atoms with E-state index in [2.05, 4.69) is 5.32 Å². The van der Waals surface area contributed by atoms with Crippen molar-refractivity contribution in [1.29, 1.82) is 0 Å². The summed E-state index contributed by atoms with van der Waals surface area (Å²) in [5.41, 5.74) is 2.32. The molecule has 0 saturated heterocycles. The van der Waals surface area contributed by atoms with Crippen molar-refractivity contribution in [2.24, 2.45) is 0 Å². The van der Waals surface area contributed by atoms with Crippen LogP contribution < -0.4 is 14.4 Å². The number of aryl methyl sites for hydroxylation is 1. The molecule has 1 N–H and O–H groups in total. The van der Waals surface area contributed by atoms with Gasteiger partial charge in [0.15, 0.2) is 0 Å². The highest BCUT2D eigenvalue weighted by Crippen LogP contribution is 2.32. The molecule has 1 fully saturated rings. The number of hydrogen-bond donors (Lipinski definition) is 1. The van der Waals surface area contributed by atoms with E-state index < -0.39 is 28.5 Å². The second-order valence-corrected chi connectivity index (χ2v) is 13.6. The summed E-state index contributed by atoms with van der Waals surface area (Å²) in [6.07, 6.45) is 5.01. The third-order valence-electron chi connectivity index (χ3n) is 7.65. The average molecular weight is 647 g/mol. The molecule has 0 heterocycles. The molecule has 3 aromatic carbocycles. The van der Waals surface area contributed by atoms with Crippen LogP contribution in [0.15, 0.2) is 66.7 Å². The summed E-state index contributed by atoms with van der Waals surface area (Å²) in [5, 5.41) is 3.81. The molecule has 0 aliphatic heterocycles. The lowest BCUT2D eigenvalue weighted by molar-refractivity contribution is -0.140. The number of rotatable bonds is 12. The van der Waals surface area contributed by atoms with Crippen molar-refractivity contribution in [3.8, 4) is 5.75 Å². The number of methoxy groups -OCH3 is 1. The van der Waals surface area contributed by atoms with Crippen molar-refractivity contribution in [3.05, 3.63) is 93.5 Å². The number of amides is 2. The van der Waals surface area contributed by atoms with Gasteiger partial charge in [0.2, 0.25) is 21.8 Å². The van der Waals surface area contributed by atoms with Crippen molar-refractivity contribution >= 4 is 50.7 Å². The quantitative estimate of drug-likeness (QED) is 0.270. The first-order valence-electron chi connectivity index (χ1n) is 14.2. The van der Waals surface area contributed by atoms with Gasteiger partial charge in [0.25, 0.3) is 0 Å². The number of carbonyl (C=O) groups excluding carboxylic acids is 2. The number of carbonyl (C=O) groups is 2. The fourth-order valence-corrected chi connectivity index (χ4v) is 6.73. The molecule has 8 nitrogen and oxygen atoms in total. The predicted molar refractivity (Wildman–Crippen MR) is 171 cm³/mol. The van der Waals surface area contributed by atoms with Crippen LogP contribution >= 0.6 is 23.2 Å². The van der Waals surface area contributed by atoms with E-state index in [1.165, 1.54) is 12.0 Å². The van der Waals surface area contributed by atoms with Gasteiger partial charge in [-0.2, -0.15) is 0 Å². The molecule has 2 amide bonds. The molecule has 1 atom stereocenters. The van der Waals surface area contributed by atoms with Crippen molar-refractivity contribution in [2.45, 2.75) is 57.7 Å². The number of sulfonamides is 1. The van der Waals surface area contributed by atoms with Crippen LogP contribution in [0.1, 0.15) is 42.4 Å². The maximum absolute atomic E-state index is 14.4. The van der Waals surface area contributed by atoms with Gasteiger partial charge in [0.1, 0.15) is 18.3 Å². The Morgan fingerprint density at radius 3 is 2.26 bits per heavy atom. The molecule has 1 saturated carbocycles. The number of halogens is 2. The molecular formula is C32H37Cl2N3O5S. The highest BCUT2D eigenvalue weighted by Gasteiger charge is 2.35. The van der Waals surface area contributed by atoms with E-state index in [0.717, 1.165) is 47.4 Å². The van der Waals surface area contributed by atoms with Crippen LogP contribution in [0, 0.1) is 6.92 Å². The van der Waals surface area contributed by atoms with Gasteiger partial charge in [-0.05, 0) is 55.2 Å². The van der Waals surface area contributed by atoms with E-state index >= 15 is 0 Å². The highest BCUT2D eigenvalue weighted by atomic mass is 35.5. The van der Waals surface area contributed by atoms with Crippen molar-refractivity contribution in [1.82, 2.24) is 10.2 Å². The van der Waals surface area contributed by atoms with Crippen LogP contribution in [0.25, 0.3) is 0 Å². The molecule has 0 spiro atoms. The van der Waals surface area contributed by atoms with Crippen molar-refractivity contribution in [2.75, 3.05) is 24.2 Å². The Labute approximate surface area is 264 Å². The maximum atomic E-state index is 14.4. The Kier molecular flexibility index (Phi) is 11.0. The Hall–Kier alpha value is -3.27. The average Bonchev–Trinajstić information content (AvgIpc) is 3.47. The lowest BCUT2D eigenvalue weighted by atomic mass is 10.0. The standard InChI is InChI=1S/C32H37Cl2N3O5S/c1-22-16-17-30(42-2)28(18-22)37(43(3,40)41)21-31(38)36(20-25-26(33)14-9-15-27(25)34)29(19-23-10-5-4-6-11-23)32(39)35-24-12-7-8-13-24/h4-6,9-11,14-18,24,29H,7-8,12-13,19-21H2,1-3H3,(H,35,39). The number of benzene rings is 3. The molecule has 4 rings (SSSR count). The first kappa shape index (κ1) is 32.6. The monoisotopic (exact) mass is 645 g/mol. The van der Waals surface area contributed by atoms with E-state index in [1.54, 1.807) is 36.4 Å². The summed E-state index contributed by atoms with van der Waals surface area (Å²) in [6.45, 7) is 1.15. The van der Waals surface area contributed by atoms with Gasteiger partial charge in [-0.3, -0.25) is 13.9 Å². The number of nitrogens with zero attached hydrogens (tertiary/aromatic N) is 2. The second kappa shape index (κ2) is 14.5. The van der Waals surface area contributed by atoms with E-state index in [9.17, 15) is 18.0 Å². The summed E-state index contributed by atoms with van der Waals surface area (Å²) in [7, 11) is -2.52. The number of anilines is 1. The molecule has 11 heteroatoms. The zero-order valence-corrected chi connectivity index (χ0v) is 26.9. The van der Waals surface area contributed by atoms with E-state index in [1.807, 2.05) is 37.3 Å². The minimum atomic E-state index is -3.96. The Morgan fingerprint density at radius 1 is 1.00 bits per heavy atom. The molecule has 0 aromatic heterocycles. The molecule has 1 unspecified atom stereocenters. The smallest absolute Gasteiger partial charge is 0.244 e. The lowest BCUT2D eigenvalue weighted by Crippen LogP contribution is -2.54. The zero-order chi connectivity index (χ0) is 31.1. The first-order chi connectivity index (χ1) is 20.5. The SMILES string of the molecule is COc1ccc(C)cc1N(CC(=O)N(Cc1c(Cl)cccc1Cl)C(Cc1ccccc1)C(=O)NC1CCCC1)S(C)(=O)=O. The topological polar surface area (TPSA) is 96.0 Å². The van der Waals surface area contributed by atoms with Crippen molar-refractivity contribution in [3.63, 3.8) is 0 Å². The van der Waals surface area contributed by atoms with E-state index in [4.69, 9.17) is 27.9 Å². The molecule has 1 aliphatic rings. The van der Waals surface area contributed by atoms with Gasteiger partial charge in [-0.25, -0.2) is 8.42 Å². The highest BCUT2D eigenvalue weighted by molar-refractivity contribution is 7.92. The fourth-order valence-electron chi connectivity index (χ4n) is 5.36. The largest absolute Gasteiger partial charge is 0.495 e. The van der Waals surface area contributed by atoms with Crippen LogP contribution in [0.4, 0.5) is 5.69 Å². The molecule has 0 radical (unpaired) electrons. The summed E-state index contributed by atoms with van der Waals surface area (Å²) in [6, 6.07) is 18.6. The summed E-state index contributed by atoms with van der Waals surface area (Å²) < 4.78 is 32.7. The van der Waals surface area contributed by atoms with Crippen LogP contribution in [0.2, 0.25) is 10.0 Å². The minimum absolute atomic E-state index is 0.00991. The van der Waals surface area contributed by atoms with E-state index in [0.29, 0.717) is 21.4 Å². The third kappa shape index (κ3) is 8.43. The minimum Gasteiger partial charge on any atom is -0.495 e. The van der Waals surface area contributed by atoms with Crippen LogP contribution in [0.3, 0.4) is 0 Å². The van der Waals surface area contributed by atoms with Gasteiger partial charge >= 0.3 is 0 Å². The molecule has 0 bridgehead atoms. The van der Waals surface area contributed by atoms with Gasteiger partial charge in [-0.1, -0.05) is 78.5 Å². The fraction of sp³-hybridized carbons (Fsp3) is 0.375. The second-order valence-electron chi connectivity index (χ2n) is 10.9. The van der Waals surface area contributed by atoms with Crippen LogP contribution in [0.5, 0.6) is 5.75 Å². The maximum Gasteiger partial charge on any atom is 0.244 e. The molecule has 1 aliphatic carbocycles. The molecule has 3 aromatic rings. The van der Waals surface area contributed by atoms with E-state index in [-0.39, 0.29) is 30.6 Å². The number of ether oxygens (including phenoxy) is 1. The number of nitrogens with one attached hydrogen (secondary N) is 1. The Bertz CT molecular complexity index is 1530. The summed E-state index contributed by atoms with van der Waals surface area (Å²) in [4.78, 5) is 29.7. The lowest BCUT2D eigenvalue weighted by Gasteiger charge is -2.34. The van der Waals surface area contributed by atoms with Gasteiger partial charge in [-0.15, -0.1) is 0 Å². The Balaban J connectivity index is 1.79.